The van der Waals surface area contributed by atoms with E-state index in [2.05, 4.69) is 12.2 Å². The van der Waals surface area contributed by atoms with Gasteiger partial charge in [0.15, 0.2) is 11.6 Å². The summed E-state index contributed by atoms with van der Waals surface area (Å²) in [5, 5.41) is 3.56. The van der Waals surface area contributed by atoms with Crippen LogP contribution >= 0.6 is 0 Å². The number of halogens is 1. The summed E-state index contributed by atoms with van der Waals surface area (Å²) in [4.78, 5) is 0. The van der Waals surface area contributed by atoms with Gasteiger partial charge in [0.05, 0.1) is 19.8 Å². The average Bonchev–Trinajstić information content (AvgIpc) is 2.53. The van der Waals surface area contributed by atoms with Gasteiger partial charge in [0.1, 0.15) is 0 Å². The first-order chi connectivity index (χ1) is 10.2. The van der Waals surface area contributed by atoms with Crippen LogP contribution in [0.5, 0.6) is 5.75 Å². The summed E-state index contributed by atoms with van der Waals surface area (Å²) in [5.41, 5.74) is 0.570. The van der Waals surface area contributed by atoms with Crippen molar-refractivity contribution in [3.63, 3.8) is 0 Å². The summed E-state index contributed by atoms with van der Waals surface area (Å²) in [6.07, 6.45) is 5.80. The van der Waals surface area contributed by atoms with Gasteiger partial charge in [0.25, 0.3) is 0 Å². The molecule has 2 rings (SSSR count). The van der Waals surface area contributed by atoms with Crippen LogP contribution in [0.3, 0.4) is 0 Å². The second kappa shape index (κ2) is 8.35. The van der Waals surface area contributed by atoms with E-state index in [9.17, 15) is 4.39 Å². The third kappa shape index (κ3) is 4.68. The highest BCUT2D eigenvalue weighted by Crippen LogP contribution is 2.25. The molecule has 1 saturated carbocycles. The predicted octanol–water partition coefficient (Wildman–Crippen LogP) is 3.66. The Balaban J connectivity index is 1.77. The lowest BCUT2D eigenvalue weighted by molar-refractivity contribution is 0.0100. The van der Waals surface area contributed by atoms with Crippen molar-refractivity contribution in [1.82, 2.24) is 5.32 Å². The maximum atomic E-state index is 14.0. The van der Waals surface area contributed by atoms with Crippen LogP contribution in [0.4, 0.5) is 4.39 Å². The minimum absolute atomic E-state index is 0.246. The van der Waals surface area contributed by atoms with Crippen LogP contribution in [0.15, 0.2) is 18.2 Å². The molecule has 0 bridgehead atoms. The van der Waals surface area contributed by atoms with E-state index in [0.29, 0.717) is 18.2 Å². The first kappa shape index (κ1) is 16.2. The number of methoxy groups -OCH3 is 1. The highest BCUT2D eigenvalue weighted by molar-refractivity contribution is 5.30. The molecule has 1 aromatic carbocycles. The SMILES string of the molecule is CCCNC1CCC(OCc2cccc(OC)c2F)CC1. The van der Waals surface area contributed by atoms with E-state index in [1.54, 1.807) is 18.2 Å². The Morgan fingerprint density at radius 1 is 1.24 bits per heavy atom. The first-order valence-corrected chi connectivity index (χ1v) is 7.91. The molecule has 0 aliphatic heterocycles. The van der Waals surface area contributed by atoms with E-state index in [0.717, 1.165) is 32.2 Å². The van der Waals surface area contributed by atoms with E-state index < -0.39 is 0 Å². The van der Waals surface area contributed by atoms with E-state index in [1.165, 1.54) is 13.5 Å². The minimum atomic E-state index is -0.307. The normalized spacial score (nSPS) is 22.2. The molecule has 0 amide bonds. The van der Waals surface area contributed by atoms with Crippen molar-refractivity contribution in [3.05, 3.63) is 29.6 Å². The topological polar surface area (TPSA) is 30.5 Å². The summed E-state index contributed by atoms with van der Waals surface area (Å²) in [7, 11) is 1.48. The molecule has 1 aliphatic carbocycles. The third-order valence-electron chi connectivity index (χ3n) is 4.09. The maximum absolute atomic E-state index is 14.0. The Labute approximate surface area is 126 Å². The van der Waals surface area contributed by atoms with Crippen molar-refractivity contribution in [2.45, 2.75) is 57.8 Å². The molecule has 1 fully saturated rings. The summed E-state index contributed by atoms with van der Waals surface area (Å²) >= 11 is 0. The molecule has 0 atom stereocenters. The van der Waals surface area contributed by atoms with Crippen LogP contribution < -0.4 is 10.1 Å². The summed E-state index contributed by atoms with van der Waals surface area (Å²) in [6, 6.07) is 5.81. The van der Waals surface area contributed by atoms with Crippen molar-refractivity contribution < 1.29 is 13.9 Å². The first-order valence-electron chi connectivity index (χ1n) is 7.91. The Bertz CT molecular complexity index is 431. The average molecular weight is 295 g/mol. The van der Waals surface area contributed by atoms with Crippen LogP contribution in [0.1, 0.15) is 44.6 Å². The molecule has 0 spiro atoms. The van der Waals surface area contributed by atoms with Crippen LogP contribution in [-0.2, 0) is 11.3 Å². The molecule has 0 unspecified atom stereocenters. The van der Waals surface area contributed by atoms with Gasteiger partial charge in [-0.1, -0.05) is 19.1 Å². The molecule has 0 heterocycles. The van der Waals surface area contributed by atoms with Gasteiger partial charge in [-0.25, -0.2) is 4.39 Å². The Morgan fingerprint density at radius 2 is 2.00 bits per heavy atom. The van der Waals surface area contributed by atoms with Crippen LogP contribution in [0, 0.1) is 5.82 Å². The predicted molar refractivity (Wildman–Crippen MR) is 82.1 cm³/mol. The summed E-state index contributed by atoms with van der Waals surface area (Å²) in [6.45, 7) is 3.59. The van der Waals surface area contributed by atoms with Gasteiger partial charge < -0.3 is 14.8 Å². The number of rotatable bonds is 7. The molecule has 118 valence electrons. The van der Waals surface area contributed by atoms with E-state index >= 15 is 0 Å². The van der Waals surface area contributed by atoms with Crippen molar-refractivity contribution >= 4 is 0 Å². The van der Waals surface area contributed by atoms with Crippen molar-refractivity contribution in [1.29, 1.82) is 0 Å². The monoisotopic (exact) mass is 295 g/mol. The zero-order chi connectivity index (χ0) is 15.1. The van der Waals surface area contributed by atoms with E-state index in [1.807, 2.05) is 0 Å². The van der Waals surface area contributed by atoms with E-state index in [4.69, 9.17) is 9.47 Å². The highest BCUT2D eigenvalue weighted by atomic mass is 19.1. The maximum Gasteiger partial charge on any atom is 0.170 e. The zero-order valence-electron chi connectivity index (χ0n) is 13.0. The molecule has 3 nitrogen and oxygen atoms in total. The summed E-state index contributed by atoms with van der Waals surface area (Å²) in [5.74, 6) is -0.0260. The number of hydrogen-bond donors (Lipinski definition) is 1. The molecule has 0 radical (unpaired) electrons. The molecular weight excluding hydrogens is 269 g/mol. The molecule has 21 heavy (non-hydrogen) atoms. The molecule has 0 saturated heterocycles. The summed E-state index contributed by atoms with van der Waals surface area (Å²) < 4.78 is 24.9. The molecule has 1 N–H and O–H groups in total. The fraction of sp³-hybridized carbons (Fsp3) is 0.647. The van der Waals surface area contributed by atoms with Gasteiger partial charge in [0, 0.05) is 11.6 Å². The second-order valence-corrected chi connectivity index (χ2v) is 5.67. The molecular formula is C17H26FNO2. The van der Waals surface area contributed by atoms with Gasteiger partial charge in [0.2, 0.25) is 0 Å². The fourth-order valence-corrected chi connectivity index (χ4v) is 2.82. The van der Waals surface area contributed by atoms with Gasteiger partial charge in [-0.15, -0.1) is 0 Å². The largest absolute Gasteiger partial charge is 0.494 e. The number of hydrogen-bond acceptors (Lipinski definition) is 3. The van der Waals surface area contributed by atoms with Crippen LogP contribution in [0.25, 0.3) is 0 Å². The standard InChI is InChI=1S/C17H26FNO2/c1-3-11-19-14-7-9-15(10-8-14)21-12-13-5-4-6-16(20-2)17(13)18/h4-6,14-15,19H,3,7-12H2,1-2H3. The second-order valence-electron chi connectivity index (χ2n) is 5.67. The van der Waals surface area contributed by atoms with Crippen molar-refractivity contribution in [2.75, 3.05) is 13.7 Å². The Morgan fingerprint density at radius 3 is 2.67 bits per heavy atom. The Hall–Kier alpha value is -1.13. The van der Waals surface area contributed by atoms with Gasteiger partial charge in [-0.2, -0.15) is 0 Å². The number of nitrogens with one attached hydrogen (secondary N) is 1. The zero-order valence-corrected chi connectivity index (χ0v) is 13.0. The third-order valence-corrected chi connectivity index (χ3v) is 4.09. The number of ether oxygens (including phenoxy) is 2. The van der Waals surface area contributed by atoms with Gasteiger partial charge in [-0.3, -0.25) is 0 Å². The molecule has 4 heteroatoms. The number of benzene rings is 1. The quantitative estimate of drug-likeness (QED) is 0.832. The Kier molecular flexibility index (Phi) is 6.46. The van der Waals surface area contributed by atoms with Crippen LogP contribution in [-0.4, -0.2) is 25.8 Å². The lowest BCUT2D eigenvalue weighted by Crippen LogP contribution is -2.35. The molecule has 1 aromatic rings. The minimum Gasteiger partial charge on any atom is -0.494 e. The molecule has 0 aromatic heterocycles. The van der Waals surface area contributed by atoms with Crippen molar-refractivity contribution in [3.8, 4) is 5.75 Å². The lowest BCUT2D eigenvalue weighted by atomic mass is 9.93. The van der Waals surface area contributed by atoms with Gasteiger partial charge >= 0.3 is 0 Å². The highest BCUT2D eigenvalue weighted by Gasteiger charge is 2.21. The molecule has 1 aliphatic rings. The lowest BCUT2D eigenvalue weighted by Gasteiger charge is -2.29. The van der Waals surface area contributed by atoms with Crippen molar-refractivity contribution in [2.24, 2.45) is 0 Å². The fourth-order valence-electron chi connectivity index (χ4n) is 2.82. The smallest absolute Gasteiger partial charge is 0.170 e. The van der Waals surface area contributed by atoms with Crippen LogP contribution in [0.2, 0.25) is 0 Å². The van der Waals surface area contributed by atoms with Gasteiger partial charge in [-0.05, 0) is 44.7 Å². The van der Waals surface area contributed by atoms with E-state index in [-0.39, 0.29) is 17.7 Å².